The summed E-state index contributed by atoms with van der Waals surface area (Å²) in [6, 6.07) is 0. The Balaban J connectivity index is 2.48. The molecule has 0 aliphatic heterocycles. The summed E-state index contributed by atoms with van der Waals surface area (Å²) in [6.07, 6.45) is 2.13. The SMILES string of the molecule is Cn1cc(-c2csc(NC(=O)O)c2C(=O)OC(C)(C)C)cn1. The summed E-state index contributed by atoms with van der Waals surface area (Å²) >= 11 is 1.13. The predicted molar refractivity (Wildman–Crippen MR) is 83.3 cm³/mol. The Labute approximate surface area is 131 Å². The third kappa shape index (κ3) is 3.64. The zero-order chi connectivity index (χ0) is 16.5. The summed E-state index contributed by atoms with van der Waals surface area (Å²) in [7, 11) is 1.76. The van der Waals surface area contributed by atoms with Crippen molar-refractivity contribution in [1.82, 2.24) is 9.78 Å². The van der Waals surface area contributed by atoms with E-state index in [4.69, 9.17) is 9.84 Å². The number of aromatic nitrogens is 2. The average molecular weight is 323 g/mol. The Hall–Kier alpha value is -2.35. The van der Waals surface area contributed by atoms with E-state index in [0.717, 1.165) is 16.9 Å². The third-order valence-electron chi connectivity index (χ3n) is 2.63. The van der Waals surface area contributed by atoms with Crippen molar-refractivity contribution in [2.24, 2.45) is 7.05 Å². The largest absolute Gasteiger partial charge is 0.465 e. The van der Waals surface area contributed by atoms with Gasteiger partial charge in [0.1, 0.15) is 16.2 Å². The van der Waals surface area contributed by atoms with Crippen molar-refractivity contribution < 1.29 is 19.4 Å². The van der Waals surface area contributed by atoms with E-state index in [2.05, 4.69) is 10.4 Å². The maximum absolute atomic E-state index is 12.4. The minimum atomic E-state index is -1.23. The van der Waals surface area contributed by atoms with E-state index in [9.17, 15) is 9.59 Å². The van der Waals surface area contributed by atoms with Crippen LogP contribution in [-0.2, 0) is 11.8 Å². The standard InChI is InChI=1S/C14H17N3O4S/c1-14(2,3)21-12(18)10-9(8-5-15-17(4)6-8)7-22-11(10)16-13(19)20/h5-7,16H,1-4H3,(H,19,20). The number of thiophene rings is 1. The Morgan fingerprint density at radius 2 is 2.09 bits per heavy atom. The quantitative estimate of drug-likeness (QED) is 0.846. The number of hydrogen-bond donors (Lipinski definition) is 2. The Morgan fingerprint density at radius 3 is 2.59 bits per heavy atom. The van der Waals surface area contributed by atoms with Crippen LogP contribution in [0.1, 0.15) is 31.1 Å². The Morgan fingerprint density at radius 1 is 1.41 bits per heavy atom. The maximum Gasteiger partial charge on any atom is 0.409 e. The first kappa shape index (κ1) is 16.0. The number of carbonyl (C=O) groups excluding carboxylic acids is 1. The van der Waals surface area contributed by atoms with Crippen LogP contribution in [0, 0.1) is 0 Å². The van der Waals surface area contributed by atoms with Crippen molar-refractivity contribution in [3.8, 4) is 11.1 Å². The third-order valence-corrected chi connectivity index (χ3v) is 3.53. The number of hydrogen-bond acceptors (Lipinski definition) is 5. The fraction of sp³-hybridized carbons (Fsp3) is 0.357. The first-order chi connectivity index (χ1) is 10.2. The molecular formula is C14H17N3O4S. The Bertz CT molecular complexity index is 712. The lowest BCUT2D eigenvalue weighted by atomic mass is 10.1. The van der Waals surface area contributed by atoms with Gasteiger partial charge >= 0.3 is 12.1 Å². The molecule has 7 nitrogen and oxygen atoms in total. The van der Waals surface area contributed by atoms with Crippen molar-refractivity contribution in [2.75, 3.05) is 5.32 Å². The van der Waals surface area contributed by atoms with Gasteiger partial charge in [0, 0.05) is 29.8 Å². The van der Waals surface area contributed by atoms with Crippen LogP contribution in [-0.4, -0.2) is 32.6 Å². The van der Waals surface area contributed by atoms with Crippen LogP contribution in [0.3, 0.4) is 0 Å². The molecule has 0 atom stereocenters. The van der Waals surface area contributed by atoms with Gasteiger partial charge in [-0.1, -0.05) is 0 Å². The number of nitrogens with one attached hydrogen (secondary N) is 1. The van der Waals surface area contributed by atoms with Crippen molar-refractivity contribution in [2.45, 2.75) is 26.4 Å². The molecule has 22 heavy (non-hydrogen) atoms. The fourth-order valence-corrected chi connectivity index (χ4v) is 2.80. The number of aryl methyl sites for hydroxylation is 1. The molecule has 0 saturated carbocycles. The molecule has 2 aromatic rings. The van der Waals surface area contributed by atoms with Gasteiger partial charge in [0.25, 0.3) is 0 Å². The summed E-state index contributed by atoms with van der Waals surface area (Å²) < 4.78 is 6.99. The molecule has 2 N–H and O–H groups in total. The van der Waals surface area contributed by atoms with Crippen LogP contribution < -0.4 is 5.32 Å². The molecular weight excluding hydrogens is 306 g/mol. The molecule has 2 rings (SSSR count). The van der Waals surface area contributed by atoms with Crippen LogP contribution in [0.5, 0.6) is 0 Å². The van der Waals surface area contributed by atoms with E-state index in [1.807, 2.05) is 0 Å². The van der Waals surface area contributed by atoms with Crippen molar-refractivity contribution in [1.29, 1.82) is 0 Å². The molecule has 0 saturated heterocycles. The second kappa shape index (κ2) is 5.80. The molecule has 1 amide bonds. The monoisotopic (exact) mass is 323 g/mol. The number of esters is 1. The predicted octanol–water partition coefficient (Wildman–Crippen LogP) is 3.19. The molecule has 0 aromatic carbocycles. The topological polar surface area (TPSA) is 93.5 Å². The van der Waals surface area contributed by atoms with Gasteiger partial charge in [-0.2, -0.15) is 5.10 Å². The molecule has 0 radical (unpaired) electrons. The lowest BCUT2D eigenvalue weighted by Gasteiger charge is -2.20. The van der Waals surface area contributed by atoms with E-state index >= 15 is 0 Å². The summed E-state index contributed by atoms with van der Waals surface area (Å²) in [5.41, 5.74) is 0.843. The fourth-order valence-electron chi connectivity index (χ4n) is 1.85. The number of ether oxygens (including phenoxy) is 1. The highest BCUT2D eigenvalue weighted by Gasteiger charge is 2.26. The van der Waals surface area contributed by atoms with Gasteiger partial charge in [0.2, 0.25) is 0 Å². The second-order valence-electron chi connectivity index (χ2n) is 5.69. The van der Waals surface area contributed by atoms with E-state index < -0.39 is 17.7 Å². The highest BCUT2D eigenvalue weighted by molar-refractivity contribution is 7.15. The molecule has 0 aliphatic rings. The van der Waals surface area contributed by atoms with Crippen LogP contribution in [0.25, 0.3) is 11.1 Å². The normalized spacial score (nSPS) is 11.3. The van der Waals surface area contributed by atoms with Crippen LogP contribution >= 0.6 is 11.3 Å². The molecule has 0 fully saturated rings. The molecule has 0 aliphatic carbocycles. The maximum atomic E-state index is 12.4. The van der Waals surface area contributed by atoms with E-state index in [1.54, 1.807) is 50.3 Å². The first-order valence-electron chi connectivity index (χ1n) is 6.51. The number of nitrogens with zero attached hydrogens (tertiary/aromatic N) is 2. The molecule has 0 bridgehead atoms. The highest BCUT2D eigenvalue weighted by atomic mass is 32.1. The Kier molecular flexibility index (Phi) is 4.23. The van der Waals surface area contributed by atoms with Gasteiger partial charge in [-0.15, -0.1) is 11.3 Å². The van der Waals surface area contributed by atoms with E-state index in [0.29, 0.717) is 5.56 Å². The molecule has 118 valence electrons. The lowest BCUT2D eigenvalue weighted by Crippen LogP contribution is -2.24. The summed E-state index contributed by atoms with van der Waals surface area (Å²) in [4.78, 5) is 23.4. The zero-order valence-corrected chi connectivity index (χ0v) is 13.5. The van der Waals surface area contributed by atoms with Crippen molar-refractivity contribution in [3.63, 3.8) is 0 Å². The average Bonchev–Trinajstić information content (AvgIpc) is 2.92. The van der Waals surface area contributed by atoms with Gasteiger partial charge in [0.15, 0.2) is 0 Å². The summed E-state index contributed by atoms with van der Waals surface area (Å²) in [5, 5.41) is 17.2. The number of carboxylic acid groups (broad SMARTS) is 1. The summed E-state index contributed by atoms with van der Waals surface area (Å²) in [5.74, 6) is -0.573. The first-order valence-corrected chi connectivity index (χ1v) is 7.39. The van der Waals surface area contributed by atoms with Gasteiger partial charge in [-0.05, 0) is 20.8 Å². The molecule has 0 unspecified atom stereocenters. The van der Waals surface area contributed by atoms with Crippen molar-refractivity contribution in [3.05, 3.63) is 23.3 Å². The van der Waals surface area contributed by atoms with Crippen LogP contribution in [0.2, 0.25) is 0 Å². The highest BCUT2D eigenvalue weighted by Crippen LogP contribution is 2.36. The minimum Gasteiger partial charge on any atom is -0.465 e. The van der Waals surface area contributed by atoms with Gasteiger partial charge in [-0.3, -0.25) is 10.00 Å². The molecule has 2 heterocycles. The minimum absolute atomic E-state index is 0.204. The van der Waals surface area contributed by atoms with Gasteiger partial charge in [0.05, 0.1) is 6.20 Å². The zero-order valence-electron chi connectivity index (χ0n) is 12.7. The molecule has 8 heteroatoms. The number of rotatable bonds is 3. The number of carbonyl (C=O) groups is 2. The van der Waals surface area contributed by atoms with Crippen LogP contribution in [0.4, 0.5) is 9.80 Å². The van der Waals surface area contributed by atoms with E-state index in [1.165, 1.54) is 0 Å². The lowest BCUT2D eigenvalue weighted by molar-refractivity contribution is 0.00722. The molecule has 0 spiro atoms. The molecule has 2 aromatic heterocycles. The summed E-state index contributed by atoms with van der Waals surface area (Å²) in [6.45, 7) is 5.27. The smallest absolute Gasteiger partial charge is 0.409 e. The van der Waals surface area contributed by atoms with Crippen molar-refractivity contribution >= 4 is 28.4 Å². The second-order valence-corrected chi connectivity index (χ2v) is 6.57. The van der Waals surface area contributed by atoms with E-state index in [-0.39, 0.29) is 10.6 Å². The van der Waals surface area contributed by atoms with Gasteiger partial charge in [-0.25, -0.2) is 9.59 Å². The number of amides is 1. The number of anilines is 1. The van der Waals surface area contributed by atoms with Gasteiger partial charge < -0.3 is 9.84 Å². The van der Waals surface area contributed by atoms with Crippen LogP contribution in [0.15, 0.2) is 17.8 Å².